The number of hydrogen-bond acceptors (Lipinski definition) is 6. The fraction of sp³-hybridized carbons (Fsp3) is 0.647. The first-order chi connectivity index (χ1) is 11.4. The van der Waals surface area contributed by atoms with Gasteiger partial charge in [-0.15, -0.1) is 0 Å². The van der Waals surface area contributed by atoms with Crippen molar-refractivity contribution in [2.45, 2.75) is 59.3 Å². The Hall–Kier alpha value is -2.38. The number of imidazole rings is 1. The Morgan fingerprint density at radius 2 is 1.44 bits per heavy atom. The molecule has 8 nitrogen and oxygen atoms in total. The summed E-state index contributed by atoms with van der Waals surface area (Å²) in [5.41, 5.74) is -1.36. The van der Waals surface area contributed by atoms with Crippen molar-refractivity contribution in [2.24, 2.45) is 0 Å². The van der Waals surface area contributed by atoms with Gasteiger partial charge in [0, 0.05) is 12.4 Å². The lowest BCUT2D eigenvalue weighted by molar-refractivity contribution is -0.164. The van der Waals surface area contributed by atoms with E-state index in [1.807, 2.05) is 0 Å². The summed E-state index contributed by atoms with van der Waals surface area (Å²) in [6, 6.07) is 0. The van der Waals surface area contributed by atoms with Crippen LogP contribution in [0.2, 0.25) is 0 Å². The van der Waals surface area contributed by atoms with E-state index in [1.54, 1.807) is 58.5 Å². The van der Waals surface area contributed by atoms with Crippen molar-refractivity contribution in [3.05, 3.63) is 18.7 Å². The van der Waals surface area contributed by atoms with Crippen LogP contribution in [0.1, 0.15) is 41.5 Å². The molecule has 1 aromatic heterocycles. The molecule has 1 heterocycles. The fourth-order valence-electron chi connectivity index (χ4n) is 1.93. The topological polar surface area (TPSA) is 90.7 Å². The number of amides is 1. The van der Waals surface area contributed by atoms with Crippen molar-refractivity contribution in [1.29, 1.82) is 0 Å². The van der Waals surface area contributed by atoms with Crippen molar-refractivity contribution in [2.75, 3.05) is 13.1 Å². The lowest BCUT2D eigenvalue weighted by Gasteiger charge is -2.26. The van der Waals surface area contributed by atoms with Crippen LogP contribution >= 0.6 is 0 Å². The van der Waals surface area contributed by atoms with Crippen LogP contribution in [0.5, 0.6) is 0 Å². The maximum Gasteiger partial charge on any atom is 0.326 e. The summed E-state index contributed by atoms with van der Waals surface area (Å²) in [4.78, 5) is 41.6. The predicted molar refractivity (Wildman–Crippen MR) is 90.5 cm³/mol. The van der Waals surface area contributed by atoms with Gasteiger partial charge in [-0.1, -0.05) is 0 Å². The zero-order chi connectivity index (χ0) is 19.3. The van der Waals surface area contributed by atoms with Crippen LogP contribution in [0, 0.1) is 0 Å². The monoisotopic (exact) mass is 353 g/mol. The SMILES string of the molecule is CC(C)(C)OC(=O)CN(CC(=O)OC(C)(C)C)C(=O)Cn1ccnc1. The first-order valence-corrected chi connectivity index (χ1v) is 8.03. The molecule has 0 unspecified atom stereocenters. The first kappa shape index (κ1) is 20.7. The Kier molecular flexibility index (Phi) is 6.72. The zero-order valence-corrected chi connectivity index (χ0v) is 15.7. The molecule has 0 saturated heterocycles. The lowest BCUT2D eigenvalue weighted by Crippen LogP contribution is -2.44. The van der Waals surface area contributed by atoms with E-state index in [-0.39, 0.29) is 19.6 Å². The van der Waals surface area contributed by atoms with Gasteiger partial charge in [0.1, 0.15) is 30.8 Å². The molecule has 1 rings (SSSR count). The number of esters is 2. The smallest absolute Gasteiger partial charge is 0.326 e. The molecule has 0 N–H and O–H groups in total. The van der Waals surface area contributed by atoms with E-state index in [1.165, 1.54) is 6.33 Å². The van der Waals surface area contributed by atoms with Crippen LogP contribution in [0.4, 0.5) is 0 Å². The van der Waals surface area contributed by atoms with Crippen molar-refractivity contribution in [3.8, 4) is 0 Å². The Balaban J connectivity index is 2.79. The van der Waals surface area contributed by atoms with Gasteiger partial charge in [-0.05, 0) is 41.5 Å². The summed E-state index contributed by atoms with van der Waals surface area (Å²) in [7, 11) is 0. The predicted octanol–water partition coefficient (Wildman–Crippen LogP) is 1.40. The minimum absolute atomic E-state index is 0.0361. The molecule has 0 atom stereocenters. The summed E-state index contributed by atoms with van der Waals surface area (Å²) in [5.74, 6) is -1.58. The van der Waals surface area contributed by atoms with Crippen molar-refractivity contribution >= 4 is 17.8 Å². The molecule has 0 aliphatic heterocycles. The second-order valence-electron chi connectivity index (χ2n) is 7.66. The van der Waals surface area contributed by atoms with Gasteiger partial charge in [0.15, 0.2) is 0 Å². The number of hydrogen-bond donors (Lipinski definition) is 0. The number of aromatic nitrogens is 2. The molecule has 0 saturated carbocycles. The van der Waals surface area contributed by atoms with Crippen LogP contribution in [0.15, 0.2) is 18.7 Å². The van der Waals surface area contributed by atoms with Gasteiger partial charge in [-0.3, -0.25) is 14.4 Å². The molecular weight excluding hydrogens is 326 g/mol. The molecule has 0 radical (unpaired) electrons. The third-order valence-electron chi connectivity index (χ3n) is 2.71. The lowest BCUT2D eigenvalue weighted by atomic mass is 10.2. The molecule has 25 heavy (non-hydrogen) atoms. The Bertz CT molecular complexity index is 567. The molecule has 8 heteroatoms. The zero-order valence-electron chi connectivity index (χ0n) is 15.7. The molecular formula is C17H27N3O5. The minimum Gasteiger partial charge on any atom is -0.459 e. The number of ether oxygens (including phenoxy) is 2. The molecule has 1 aromatic rings. The van der Waals surface area contributed by atoms with Gasteiger partial charge in [0.25, 0.3) is 0 Å². The quantitative estimate of drug-likeness (QED) is 0.718. The molecule has 140 valence electrons. The van der Waals surface area contributed by atoms with Gasteiger partial charge in [0.2, 0.25) is 5.91 Å². The number of carbonyl (C=O) groups is 3. The first-order valence-electron chi connectivity index (χ1n) is 8.03. The normalized spacial score (nSPS) is 11.8. The van der Waals surface area contributed by atoms with Gasteiger partial charge >= 0.3 is 11.9 Å². The molecule has 0 bridgehead atoms. The average Bonchev–Trinajstić information content (AvgIpc) is 2.86. The summed E-state index contributed by atoms with van der Waals surface area (Å²) >= 11 is 0. The average molecular weight is 353 g/mol. The van der Waals surface area contributed by atoms with Crippen LogP contribution in [-0.2, 0) is 30.4 Å². The Morgan fingerprint density at radius 3 is 1.80 bits per heavy atom. The van der Waals surface area contributed by atoms with Crippen LogP contribution in [-0.4, -0.2) is 56.6 Å². The van der Waals surface area contributed by atoms with E-state index < -0.39 is 29.0 Å². The van der Waals surface area contributed by atoms with Gasteiger partial charge < -0.3 is 18.9 Å². The van der Waals surface area contributed by atoms with E-state index in [2.05, 4.69) is 4.98 Å². The van der Waals surface area contributed by atoms with E-state index in [0.717, 1.165) is 4.90 Å². The molecule has 0 aliphatic carbocycles. The standard InChI is InChI=1S/C17H27N3O5/c1-16(2,3)24-14(22)10-20(11-15(23)25-17(4,5)6)13(21)9-19-8-7-18-12-19/h7-8,12H,9-11H2,1-6H3. The summed E-state index contributed by atoms with van der Waals surface area (Å²) in [6.07, 6.45) is 4.65. The maximum atomic E-state index is 12.5. The summed E-state index contributed by atoms with van der Waals surface area (Å²) in [6.45, 7) is 9.70. The second-order valence-corrected chi connectivity index (χ2v) is 7.66. The molecule has 0 aliphatic rings. The molecule has 0 fully saturated rings. The van der Waals surface area contributed by atoms with E-state index in [0.29, 0.717) is 0 Å². The third-order valence-corrected chi connectivity index (χ3v) is 2.71. The summed E-state index contributed by atoms with van der Waals surface area (Å²) in [5, 5.41) is 0. The number of carbonyl (C=O) groups excluding carboxylic acids is 3. The Labute approximate surface area is 148 Å². The minimum atomic E-state index is -0.679. The van der Waals surface area contributed by atoms with E-state index >= 15 is 0 Å². The fourth-order valence-corrected chi connectivity index (χ4v) is 1.93. The van der Waals surface area contributed by atoms with Gasteiger partial charge in [-0.2, -0.15) is 0 Å². The highest BCUT2D eigenvalue weighted by atomic mass is 16.6. The summed E-state index contributed by atoms with van der Waals surface area (Å²) < 4.78 is 12.0. The van der Waals surface area contributed by atoms with Gasteiger partial charge in [-0.25, -0.2) is 4.98 Å². The third kappa shape index (κ3) is 8.88. The highest BCUT2D eigenvalue weighted by Crippen LogP contribution is 2.10. The Morgan fingerprint density at radius 1 is 0.960 bits per heavy atom. The highest BCUT2D eigenvalue weighted by Gasteiger charge is 2.26. The molecule has 1 amide bonds. The van der Waals surface area contributed by atoms with Crippen LogP contribution in [0.25, 0.3) is 0 Å². The highest BCUT2D eigenvalue weighted by molar-refractivity contribution is 5.86. The largest absolute Gasteiger partial charge is 0.459 e. The molecule has 0 aromatic carbocycles. The number of rotatable bonds is 6. The van der Waals surface area contributed by atoms with Crippen LogP contribution < -0.4 is 0 Å². The number of nitrogens with zero attached hydrogens (tertiary/aromatic N) is 3. The van der Waals surface area contributed by atoms with Crippen molar-refractivity contribution in [3.63, 3.8) is 0 Å². The van der Waals surface area contributed by atoms with E-state index in [9.17, 15) is 14.4 Å². The molecule has 0 spiro atoms. The van der Waals surface area contributed by atoms with Crippen molar-refractivity contribution < 1.29 is 23.9 Å². The maximum absolute atomic E-state index is 12.5. The second kappa shape index (κ2) is 8.13. The van der Waals surface area contributed by atoms with Gasteiger partial charge in [0.05, 0.1) is 6.33 Å². The van der Waals surface area contributed by atoms with Crippen molar-refractivity contribution in [1.82, 2.24) is 14.5 Å². The van der Waals surface area contributed by atoms with E-state index in [4.69, 9.17) is 9.47 Å². The van der Waals surface area contributed by atoms with Crippen LogP contribution in [0.3, 0.4) is 0 Å².